The van der Waals surface area contributed by atoms with E-state index in [1.807, 2.05) is 0 Å². The van der Waals surface area contributed by atoms with Crippen molar-refractivity contribution in [2.75, 3.05) is 0 Å². The maximum absolute atomic E-state index is 12.8. The van der Waals surface area contributed by atoms with Crippen LogP contribution in [0.2, 0.25) is 0 Å². The molecule has 2 nitrogen and oxygen atoms in total. The molecule has 1 aromatic heterocycles. The second kappa shape index (κ2) is 4.23. The van der Waals surface area contributed by atoms with Crippen molar-refractivity contribution in [3.63, 3.8) is 0 Å². The zero-order valence-electron chi connectivity index (χ0n) is 6.40. The number of hydrogen-bond donors (Lipinski definition) is 1. The molecule has 0 bridgehead atoms. The fraction of sp³-hybridized carbons (Fsp3) is 0.286. The first-order valence-electron chi connectivity index (χ1n) is 3.39. The third kappa shape index (κ3) is 2.11. The predicted molar refractivity (Wildman–Crippen MR) is 49.8 cm³/mol. The van der Waals surface area contributed by atoms with E-state index in [1.165, 1.54) is 6.20 Å². The largest absolute Gasteiger partial charge is 0.326 e. The number of hydrogen-bond acceptors (Lipinski definition) is 2. The summed E-state index contributed by atoms with van der Waals surface area (Å²) in [5.74, 6) is -1.13. The van der Waals surface area contributed by atoms with Gasteiger partial charge in [0.15, 0.2) is 0 Å². The van der Waals surface area contributed by atoms with Crippen molar-refractivity contribution in [3.05, 3.63) is 26.8 Å². The van der Waals surface area contributed by atoms with E-state index < -0.39 is 17.9 Å². The van der Waals surface area contributed by atoms with E-state index >= 15 is 0 Å². The standard InChI is InChI=1S/C7H6F3IN2/c8-6(9)4-5(11)3(1-12)2-13-7(4)10/h2,6H,1,12H2. The second-order valence-electron chi connectivity index (χ2n) is 2.31. The van der Waals surface area contributed by atoms with E-state index in [1.54, 1.807) is 22.6 Å². The highest BCUT2D eigenvalue weighted by molar-refractivity contribution is 14.1. The van der Waals surface area contributed by atoms with Crippen molar-refractivity contribution in [1.82, 2.24) is 4.98 Å². The van der Waals surface area contributed by atoms with Crippen molar-refractivity contribution < 1.29 is 13.2 Å². The number of alkyl halides is 2. The summed E-state index contributed by atoms with van der Waals surface area (Å²) in [5, 5.41) is 0. The summed E-state index contributed by atoms with van der Waals surface area (Å²) in [6.45, 7) is 0.0747. The fourth-order valence-electron chi connectivity index (χ4n) is 0.852. The first-order chi connectivity index (χ1) is 6.07. The van der Waals surface area contributed by atoms with Gasteiger partial charge in [-0.15, -0.1) is 0 Å². The van der Waals surface area contributed by atoms with Gasteiger partial charge in [0, 0.05) is 16.3 Å². The number of pyridine rings is 1. The van der Waals surface area contributed by atoms with Crippen LogP contribution in [0.15, 0.2) is 6.20 Å². The number of nitrogens with two attached hydrogens (primary N) is 1. The fourth-order valence-corrected chi connectivity index (χ4v) is 1.67. The van der Waals surface area contributed by atoms with Crippen LogP contribution in [0.25, 0.3) is 0 Å². The Balaban J connectivity index is 3.30. The minimum absolute atomic E-state index is 0.0747. The Hall–Kier alpha value is -0.370. The lowest BCUT2D eigenvalue weighted by Crippen LogP contribution is -2.06. The van der Waals surface area contributed by atoms with E-state index in [4.69, 9.17) is 5.73 Å². The zero-order chi connectivity index (χ0) is 10.0. The van der Waals surface area contributed by atoms with Gasteiger partial charge in [0.05, 0.1) is 5.56 Å². The summed E-state index contributed by atoms with van der Waals surface area (Å²) in [6, 6.07) is 0. The molecule has 0 aliphatic carbocycles. The molecule has 6 heteroatoms. The molecule has 13 heavy (non-hydrogen) atoms. The maximum Gasteiger partial charge on any atom is 0.269 e. The summed E-state index contributed by atoms with van der Waals surface area (Å²) < 4.78 is 37.5. The molecule has 0 saturated heterocycles. The molecule has 1 heterocycles. The predicted octanol–water partition coefficient (Wildman–Crippen LogP) is 2.22. The highest BCUT2D eigenvalue weighted by Crippen LogP contribution is 2.27. The van der Waals surface area contributed by atoms with Gasteiger partial charge in [0.25, 0.3) is 6.43 Å². The van der Waals surface area contributed by atoms with Crippen LogP contribution in [0.1, 0.15) is 17.6 Å². The molecule has 0 aromatic carbocycles. The van der Waals surface area contributed by atoms with Crippen molar-refractivity contribution in [1.29, 1.82) is 0 Å². The number of nitrogens with zero attached hydrogens (tertiary/aromatic N) is 1. The molecule has 0 atom stereocenters. The summed E-state index contributed by atoms with van der Waals surface area (Å²) in [6.07, 6.45) is -1.69. The monoisotopic (exact) mass is 302 g/mol. The van der Waals surface area contributed by atoms with E-state index in [-0.39, 0.29) is 10.1 Å². The van der Waals surface area contributed by atoms with Gasteiger partial charge in [-0.2, -0.15) is 4.39 Å². The maximum atomic E-state index is 12.8. The van der Waals surface area contributed by atoms with Gasteiger partial charge in [-0.05, 0) is 28.2 Å². The summed E-state index contributed by atoms with van der Waals surface area (Å²) >= 11 is 1.64. The minimum Gasteiger partial charge on any atom is -0.326 e. The lowest BCUT2D eigenvalue weighted by Gasteiger charge is -2.07. The van der Waals surface area contributed by atoms with Crippen molar-refractivity contribution in [2.45, 2.75) is 13.0 Å². The third-order valence-corrected chi connectivity index (χ3v) is 2.79. The summed E-state index contributed by atoms with van der Waals surface area (Å²) in [4.78, 5) is 3.20. The van der Waals surface area contributed by atoms with Crippen molar-refractivity contribution >= 4 is 22.6 Å². The molecule has 0 saturated carbocycles. The van der Waals surface area contributed by atoms with Gasteiger partial charge in [-0.25, -0.2) is 13.8 Å². The molecule has 0 aliphatic rings. The molecule has 0 unspecified atom stereocenters. The smallest absolute Gasteiger partial charge is 0.269 e. The molecule has 72 valence electrons. The molecule has 0 amide bonds. The highest BCUT2D eigenvalue weighted by Gasteiger charge is 2.20. The number of aromatic nitrogens is 1. The Bertz CT molecular complexity index is 317. The average Bonchev–Trinajstić information content (AvgIpc) is 2.04. The van der Waals surface area contributed by atoms with Crippen LogP contribution < -0.4 is 5.73 Å². The van der Waals surface area contributed by atoms with Gasteiger partial charge in [0.1, 0.15) is 0 Å². The Kier molecular flexibility index (Phi) is 3.48. The summed E-state index contributed by atoms with van der Waals surface area (Å²) in [5.41, 5.74) is 5.02. The van der Waals surface area contributed by atoms with Crippen LogP contribution in [0.3, 0.4) is 0 Å². The highest BCUT2D eigenvalue weighted by atomic mass is 127. The normalized spacial score (nSPS) is 10.9. The molecular formula is C7H6F3IN2. The van der Waals surface area contributed by atoms with E-state index in [9.17, 15) is 13.2 Å². The van der Waals surface area contributed by atoms with Crippen LogP contribution in [-0.4, -0.2) is 4.98 Å². The van der Waals surface area contributed by atoms with Crippen LogP contribution in [0.5, 0.6) is 0 Å². The lowest BCUT2D eigenvalue weighted by atomic mass is 10.2. The van der Waals surface area contributed by atoms with Crippen molar-refractivity contribution in [2.24, 2.45) is 5.73 Å². The summed E-state index contributed by atoms with van der Waals surface area (Å²) in [7, 11) is 0. The molecule has 1 rings (SSSR count). The van der Waals surface area contributed by atoms with Crippen molar-refractivity contribution in [3.8, 4) is 0 Å². The molecule has 0 spiro atoms. The third-order valence-electron chi connectivity index (χ3n) is 1.51. The van der Waals surface area contributed by atoms with Crippen LogP contribution >= 0.6 is 22.6 Å². The zero-order valence-corrected chi connectivity index (χ0v) is 8.56. The second-order valence-corrected chi connectivity index (χ2v) is 3.39. The van der Waals surface area contributed by atoms with Gasteiger partial charge in [0.2, 0.25) is 5.95 Å². The Morgan fingerprint density at radius 1 is 1.54 bits per heavy atom. The Labute approximate surface area is 86.5 Å². The number of rotatable bonds is 2. The Morgan fingerprint density at radius 2 is 2.15 bits per heavy atom. The Morgan fingerprint density at radius 3 is 2.62 bits per heavy atom. The average molecular weight is 302 g/mol. The van der Waals surface area contributed by atoms with Gasteiger partial charge < -0.3 is 5.73 Å². The van der Waals surface area contributed by atoms with Gasteiger partial charge in [-0.3, -0.25) is 0 Å². The first kappa shape index (κ1) is 10.7. The first-order valence-corrected chi connectivity index (χ1v) is 4.46. The van der Waals surface area contributed by atoms with Gasteiger partial charge >= 0.3 is 0 Å². The van der Waals surface area contributed by atoms with Crippen LogP contribution in [-0.2, 0) is 6.54 Å². The molecule has 0 aliphatic heterocycles. The quantitative estimate of drug-likeness (QED) is 0.672. The van der Waals surface area contributed by atoms with Gasteiger partial charge in [-0.1, -0.05) is 0 Å². The molecular weight excluding hydrogens is 296 g/mol. The van der Waals surface area contributed by atoms with Crippen LogP contribution in [0.4, 0.5) is 13.2 Å². The SMILES string of the molecule is NCc1cnc(F)c(C(F)F)c1I. The van der Waals surface area contributed by atoms with E-state index in [0.29, 0.717) is 5.56 Å². The lowest BCUT2D eigenvalue weighted by molar-refractivity contribution is 0.144. The molecule has 2 N–H and O–H groups in total. The molecule has 0 radical (unpaired) electrons. The number of halogens is 4. The topological polar surface area (TPSA) is 38.9 Å². The molecule has 1 aromatic rings. The van der Waals surface area contributed by atoms with E-state index in [2.05, 4.69) is 4.98 Å². The molecule has 0 fully saturated rings. The van der Waals surface area contributed by atoms with Crippen LogP contribution in [0, 0.1) is 9.52 Å². The van der Waals surface area contributed by atoms with E-state index in [0.717, 1.165) is 0 Å². The minimum atomic E-state index is -2.86.